The Hall–Kier alpha value is -1.06. The van der Waals surface area contributed by atoms with Gasteiger partial charge in [-0.1, -0.05) is 6.92 Å². The molecule has 4 heteroatoms. The van der Waals surface area contributed by atoms with Crippen LogP contribution in [-0.2, 0) is 9.59 Å². The molecule has 1 heterocycles. The van der Waals surface area contributed by atoms with E-state index in [4.69, 9.17) is 5.11 Å². The first-order valence-electron chi connectivity index (χ1n) is 6.44. The fraction of sp³-hybridized carbons (Fsp3) is 0.846. The van der Waals surface area contributed by atoms with E-state index in [0.29, 0.717) is 18.5 Å². The van der Waals surface area contributed by atoms with Gasteiger partial charge in [-0.05, 0) is 39.0 Å². The lowest BCUT2D eigenvalue weighted by molar-refractivity contribution is -0.140. The third-order valence-corrected chi connectivity index (χ3v) is 3.53. The van der Waals surface area contributed by atoms with E-state index in [1.807, 2.05) is 11.8 Å². The van der Waals surface area contributed by atoms with E-state index in [0.717, 1.165) is 12.8 Å². The van der Waals surface area contributed by atoms with Crippen LogP contribution in [0.5, 0.6) is 0 Å². The number of rotatable bonds is 4. The molecule has 1 aliphatic heterocycles. The summed E-state index contributed by atoms with van der Waals surface area (Å²) in [6, 6.07) is 0.589. The van der Waals surface area contributed by atoms with Gasteiger partial charge >= 0.3 is 5.97 Å². The predicted octanol–water partition coefficient (Wildman–Crippen LogP) is 2.28. The highest BCUT2D eigenvalue weighted by molar-refractivity contribution is 5.78. The van der Waals surface area contributed by atoms with Gasteiger partial charge in [-0.2, -0.15) is 0 Å². The normalized spacial score (nSPS) is 26.6. The van der Waals surface area contributed by atoms with Crippen LogP contribution in [0.15, 0.2) is 0 Å². The molecule has 98 valence electrons. The first-order chi connectivity index (χ1) is 7.91. The summed E-state index contributed by atoms with van der Waals surface area (Å²) in [5.41, 5.74) is 0. The number of carboxylic acids is 1. The number of likely N-dealkylation sites (tertiary alicyclic amines) is 1. The maximum Gasteiger partial charge on any atom is 0.303 e. The van der Waals surface area contributed by atoms with Gasteiger partial charge in [-0.25, -0.2) is 0 Å². The Balaban J connectivity index is 2.53. The van der Waals surface area contributed by atoms with Crippen molar-refractivity contribution >= 4 is 11.9 Å². The van der Waals surface area contributed by atoms with Crippen LogP contribution >= 0.6 is 0 Å². The van der Waals surface area contributed by atoms with Crippen LogP contribution in [0.3, 0.4) is 0 Å². The van der Waals surface area contributed by atoms with Gasteiger partial charge in [0.15, 0.2) is 0 Å². The van der Waals surface area contributed by atoms with Crippen molar-refractivity contribution in [3.05, 3.63) is 0 Å². The number of carbonyl (C=O) groups excluding carboxylic acids is 1. The summed E-state index contributed by atoms with van der Waals surface area (Å²) >= 11 is 0. The minimum atomic E-state index is -0.829. The SMILES string of the molecule is CC(CC(=O)O)CC(=O)N1C(C)CCCC1C. The van der Waals surface area contributed by atoms with Gasteiger partial charge in [-0.15, -0.1) is 0 Å². The molecular weight excluding hydrogens is 218 g/mol. The molecule has 0 aromatic carbocycles. The standard InChI is InChI=1S/C13H23NO3/c1-9(8-13(16)17)7-12(15)14-10(2)5-4-6-11(14)3/h9-11H,4-8H2,1-3H3,(H,16,17). The molecule has 1 amide bonds. The highest BCUT2D eigenvalue weighted by atomic mass is 16.4. The molecule has 1 fully saturated rings. The van der Waals surface area contributed by atoms with Gasteiger partial charge in [-0.3, -0.25) is 9.59 Å². The summed E-state index contributed by atoms with van der Waals surface area (Å²) in [5.74, 6) is -0.801. The zero-order valence-electron chi connectivity index (χ0n) is 11.0. The Morgan fingerprint density at radius 3 is 2.24 bits per heavy atom. The molecule has 0 aromatic heterocycles. The molecule has 0 radical (unpaired) electrons. The highest BCUT2D eigenvalue weighted by Crippen LogP contribution is 2.24. The van der Waals surface area contributed by atoms with E-state index >= 15 is 0 Å². The molecule has 1 rings (SSSR count). The smallest absolute Gasteiger partial charge is 0.303 e. The van der Waals surface area contributed by atoms with Crippen LogP contribution in [0.2, 0.25) is 0 Å². The number of piperidine rings is 1. The monoisotopic (exact) mass is 241 g/mol. The Bertz CT molecular complexity index is 280. The molecule has 4 nitrogen and oxygen atoms in total. The van der Waals surface area contributed by atoms with Crippen LogP contribution in [-0.4, -0.2) is 34.0 Å². The van der Waals surface area contributed by atoms with Crippen molar-refractivity contribution in [1.82, 2.24) is 4.90 Å². The van der Waals surface area contributed by atoms with Gasteiger partial charge in [0.1, 0.15) is 0 Å². The van der Waals surface area contributed by atoms with Crippen molar-refractivity contribution in [2.75, 3.05) is 0 Å². The average Bonchev–Trinajstić information content (AvgIpc) is 2.15. The number of carbonyl (C=O) groups is 2. The number of hydrogen-bond donors (Lipinski definition) is 1. The van der Waals surface area contributed by atoms with E-state index in [9.17, 15) is 9.59 Å². The van der Waals surface area contributed by atoms with E-state index in [2.05, 4.69) is 13.8 Å². The minimum Gasteiger partial charge on any atom is -0.481 e. The summed E-state index contributed by atoms with van der Waals surface area (Å²) in [6.45, 7) is 5.98. The number of nitrogens with zero attached hydrogens (tertiary/aromatic N) is 1. The van der Waals surface area contributed by atoms with Crippen molar-refractivity contribution in [3.63, 3.8) is 0 Å². The molecular formula is C13H23NO3. The largest absolute Gasteiger partial charge is 0.481 e. The summed E-state index contributed by atoms with van der Waals surface area (Å²) in [6.07, 6.45) is 3.72. The Labute approximate surface area is 103 Å². The third-order valence-electron chi connectivity index (χ3n) is 3.53. The Morgan fingerprint density at radius 1 is 1.24 bits per heavy atom. The van der Waals surface area contributed by atoms with Crippen LogP contribution in [0.25, 0.3) is 0 Å². The van der Waals surface area contributed by atoms with Crippen molar-refractivity contribution in [1.29, 1.82) is 0 Å². The van der Waals surface area contributed by atoms with Gasteiger partial charge in [0.2, 0.25) is 5.91 Å². The van der Waals surface area contributed by atoms with Gasteiger partial charge in [0.25, 0.3) is 0 Å². The molecule has 0 aliphatic carbocycles. The van der Waals surface area contributed by atoms with Crippen LogP contribution in [0.1, 0.15) is 52.9 Å². The first-order valence-corrected chi connectivity index (χ1v) is 6.44. The topological polar surface area (TPSA) is 57.6 Å². The molecule has 1 aliphatic rings. The third kappa shape index (κ3) is 4.02. The first kappa shape index (κ1) is 14.0. The second-order valence-electron chi connectivity index (χ2n) is 5.34. The predicted molar refractivity (Wildman–Crippen MR) is 65.7 cm³/mol. The highest BCUT2D eigenvalue weighted by Gasteiger charge is 2.29. The maximum absolute atomic E-state index is 12.1. The zero-order valence-corrected chi connectivity index (χ0v) is 11.0. The molecule has 0 spiro atoms. The molecule has 1 N–H and O–H groups in total. The van der Waals surface area contributed by atoms with Gasteiger partial charge in [0, 0.05) is 24.9 Å². The lowest BCUT2D eigenvalue weighted by Gasteiger charge is -2.39. The van der Waals surface area contributed by atoms with Gasteiger partial charge < -0.3 is 10.0 Å². The maximum atomic E-state index is 12.1. The van der Waals surface area contributed by atoms with Gasteiger partial charge in [0.05, 0.1) is 0 Å². The Morgan fingerprint density at radius 2 is 1.76 bits per heavy atom. The fourth-order valence-electron chi connectivity index (χ4n) is 2.69. The van der Waals surface area contributed by atoms with E-state index in [-0.39, 0.29) is 18.2 Å². The average molecular weight is 241 g/mol. The second-order valence-corrected chi connectivity index (χ2v) is 5.34. The number of amides is 1. The molecule has 3 unspecified atom stereocenters. The van der Waals surface area contributed by atoms with E-state index < -0.39 is 5.97 Å². The lowest BCUT2D eigenvalue weighted by Crippen LogP contribution is -2.47. The molecule has 0 aromatic rings. The van der Waals surface area contributed by atoms with Crippen LogP contribution in [0, 0.1) is 5.92 Å². The molecule has 17 heavy (non-hydrogen) atoms. The number of carboxylic acid groups (broad SMARTS) is 1. The zero-order chi connectivity index (χ0) is 13.0. The summed E-state index contributed by atoms with van der Waals surface area (Å²) in [5, 5.41) is 8.69. The summed E-state index contributed by atoms with van der Waals surface area (Å²) in [7, 11) is 0. The van der Waals surface area contributed by atoms with Crippen molar-refractivity contribution in [2.45, 2.75) is 65.0 Å². The summed E-state index contributed by atoms with van der Waals surface area (Å²) < 4.78 is 0. The van der Waals surface area contributed by atoms with Crippen LogP contribution in [0.4, 0.5) is 0 Å². The fourth-order valence-corrected chi connectivity index (χ4v) is 2.69. The molecule has 0 bridgehead atoms. The van der Waals surface area contributed by atoms with E-state index in [1.54, 1.807) is 0 Å². The lowest BCUT2D eigenvalue weighted by atomic mass is 9.95. The summed E-state index contributed by atoms with van der Waals surface area (Å²) in [4.78, 5) is 24.7. The quantitative estimate of drug-likeness (QED) is 0.821. The number of aliphatic carboxylic acids is 1. The molecule has 0 saturated carbocycles. The number of hydrogen-bond acceptors (Lipinski definition) is 2. The molecule has 1 saturated heterocycles. The van der Waals surface area contributed by atoms with Crippen molar-refractivity contribution < 1.29 is 14.7 Å². The van der Waals surface area contributed by atoms with Crippen molar-refractivity contribution in [3.8, 4) is 0 Å². The second kappa shape index (κ2) is 6.03. The minimum absolute atomic E-state index is 0.0718. The van der Waals surface area contributed by atoms with E-state index in [1.165, 1.54) is 6.42 Å². The van der Waals surface area contributed by atoms with Crippen molar-refractivity contribution in [2.24, 2.45) is 5.92 Å². The Kier molecular flexibility index (Phi) is 4.97. The van der Waals surface area contributed by atoms with Crippen LogP contribution < -0.4 is 0 Å². The molecule has 3 atom stereocenters.